The van der Waals surface area contributed by atoms with Gasteiger partial charge >= 0.3 is 0 Å². The molecule has 13 heteroatoms. The van der Waals surface area contributed by atoms with E-state index in [1.165, 1.54) is 0 Å². The first-order valence-electron chi connectivity index (χ1n) is 13.2. The van der Waals surface area contributed by atoms with Gasteiger partial charge < -0.3 is 14.6 Å². The van der Waals surface area contributed by atoms with Gasteiger partial charge in [0.25, 0.3) is 10.6 Å². The Morgan fingerprint density at radius 2 is 1.97 bits per heavy atom. The molecule has 0 aliphatic carbocycles. The van der Waals surface area contributed by atoms with Crippen LogP contribution in [0.5, 0.6) is 5.75 Å². The number of piperazine rings is 1. The van der Waals surface area contributed by atoms with Crippen molar-refractivity contribution in [2.24, 2.45) is 0 Å². The molecular weight excluding hydrogens is 524 g/mol. The number of aromatic nitrogens is 3. The second-order valence-electron chi connectivity index (χ2n) is 9.13. The van der Waals surface area contributed by atoms with Crippen LogP contribution in [0, 0.1) is 10.1 Å². The lowest BCUT2D eigenvalue weighted by molar-refractivity contribution is -0.757. The summed E-state index contributed by atoms with van der Waals surface area (Å²) in [5.74, 6) is 0.983. The van der Waals surface area contributed by atoms with Crippen LogP contribution < -0.4 is 10.3 Å². The van der Waals surface area contributed by atoms with E-state index in [1.807, 2.05) is 39.0 Å². The highest BCUT2D eigenvalue weighted by atomic mass is 32.2. The quantitative estimate of drug-likeness (QED) is 0.144. The lowest BCUT2D eigenvalue weighted by Crippen LogP contribution is -2.44. The summed E-state index contributed by atoms with van der Waals surface area (Å²) >= 11 is 1.60. The first-order chi connectivity index (χ1) is 18.9. The molecule has 0 bridgehead atoms. The van der Waals surface area contributed by atoms with E-state index in [0.29, 0.717) is 59.8 Å². The standard InChI is InChI=1S/C26H34N6O6S/c1-4-7-22-21(17-33)19(5-2)24-26(34)27-25(28-31(22)24)20-16-18(8-9-23(20)37-6-3)39-30-12-10-29(11-13-30)14-15-38-32(35)36/h8-9,16-17H,4-7,10-15H2,1-3H3,(H,27,28,34). The zero-order valence-corrected chi connectivity index (χ0v) is 23.3. The Kier molecular flexibility index (Phi) is 9.59. The number of nitrogens with one attached hydrogen (secondary N) is 1. The molecule has 0 atom stereocenters. The van der Waals surface area contributed by atoms with Gasteiger partial charge in [-0.1, -0.05) is 20.3 Å². The average molecular weight is 559 g/mol. The number of carbonyl (C=O) groups excluding carboxylic acids is 1. The molecule has 3 aromatic rings. The highest BCUT2D eigenvalue weighted by molar-refractivity contribution is 7.97. The Hall–Kier alpha value is -3.42. The summed E-state index contributed by atoms with van der Waals surface area (Å²) in [6, 6.07) is 5.82. The topological polar surface area (TPSA) is 135 Å². The molecule has 12 nitrogen and oxygen atoms in total. The minimum atomic E-state index is -0.764. The number of H-pyrrole nitrogens is 1. The Balaban J connectivity index is 1.63. The molecule has 1 aliphatic rings. The van der Waals surface area contributed by atoms with Crippen LogP contribution in [0.3, 0.4) is 0 Å². The van der Waals surface area contributed by atoms with E-state index in [-0.39, 0.29) is 12.2 Å². The van der Waals surface area contributed by atoms with Crippen LogP contribution in [0.25, 0.3) is 16.9 Å². The predicted molar refractivity (Wildman–Crippen MR) is 148 cm³/mol. The molecule has 0 saturated carbocycles. The summed E-state index contributed by atoms with van der Waals surface area (Å²) in [6.45, 7) is 10.0. The third-order valence-corrected chi connectivity index (χ3v) is 7.76. The van der Waals surface area contributed by atoms with Gasteiger partial charge in [-0.15, -0.1) is 15.2 Å². The largest absolute Gasteiger partial charge is 0.493 e. The minimum absolute atomic E-state index is 0.0629. The maximum absolute atomic E-state index is 13.3. The molecule has 1 saturated heterocycles. The molecule has 2 aromatic heterocycles. The smallest absolute Gasteiger partial charge is 0.294 e. The summed E-state index contributed by atoms with van der Waals surface area (Å²) in [7, 11) is 0. The SMILES string of the molecule is CCCc1c(C=O)c(CC)c2c(=O)[nH]c(-c3cc(SN4CCN(CCO[N+](=O)[O-])CC4)ccc3OCC)nn12. The first kappa shape index (κ1) is 28.6. The summed E-state index contributed by atoms with van der Waals surface area (Å²) < 4.78 is 9.76. The third-order valence-electron chi connectivity index (χ3n) is 6.67. The Bertz CT molecular complexity index is 1380. The summed E-state index contributed by atoms with van der Waals surface area (Å²) in [5.41, 5.74) is 2.80. The number of aldehydes is 1. The van der Waals surface area contributed by atoms with Gasteiger partial charge in [0.1, 0.15) is 17.9 Å². The zero-order valence-electron chi connectivity index (χ0n) is 22.5. The molecular formula is C26H34N6O6S. The number of hydrogen-bond donors (Lipinski definition) is 1. The molecule has 1 aromatic carbocycles. The highest BCUT2D eigenvalue weighted by Crippen LogP contribution is 2.34. The number of hydrogen-bond acceptors (Lipinski definition) is 10. The average Bonchev–Trinajstić information content (AvgIpc) is 3.23. The normalized spacial score (nSPS) is 14.5. The van der Waals surface area contributed by atoms with Crippen LogP contribution in [0.1, 0.15) is 48.8 Å². The van der Waals surface area contributed by atoms with Crippen LogP contribution in [0.15, 0.2) is 27.9 Å². The van der Waals surface area contributed by atoms with Crippen molar-refractivity contribution in [2.75, 3.05) is 45.9 Å². The van der Waals surface area contributed by atoms with Crippen molar-refractivity contribution < 1.29 is 19.5 Å². The van der Waals surface area contributed by atoms with Crippen LogP contribution in [-0.4, -0.2) is 81.1 Å². The lowest BCUT2D eigenvalue weighted by Gasteiger charge is -2.33. The number of nitrogens with zero attached hydrogens (tertiary/aromatic N) is 5. The van der Waals surface area contributed by atoms with Crippen LogP contribution in [-0.2, 0) is 17.7 Å². The molecule has 4 rings (SSSR count). The van der Waals surface area contributed by atoms with Crippen molar-refractivity contribution in [1.82, 2.24) is 23.8 Å². The van der Waals surface area contributed by atoms with Gasteiger partial charge in [0.15, 0.2) is 12.1 Å². The van der Waals surface area contributed by atoms with E-state index in [2.05, 4.69) is 19.0 Å². The number of ether oxygens (including phenoxy) is 1. The molecule has 0 amide bonds. The van der Waals surface area contributed by atoms with E-state index >= 15 is 0 Å². The van der Waals surface area contributed by atoms with Crippen LogP contribution in [0.2, 0.25) is 0 Å². The maximum atomic E-state index is 13.3. The van der Waals surface area contributed by atoms with Gasteiger partial charge in [0.2, 0.25) is 0 Å². The number of fused-ring (bicyclic) bond motifs is 1. The molecule has 1 aliphatic heterocycles. The third kappa shape index (κ3) is 6.43. The Morgan fingerprint density at radius 1 is 1.21 bits per heavy atom. The van der Waals surface area contributed by atoms with Crippen molar-refractivity contribution in [2.45, 2.75) is 44.9 Å². The number of benzene rings is 1. The number of aromatic amines is 1. The first-order valence-corrected chi connectivity index (χ1v) is 14.0. The zero-order chi connectivity index (χ0) is 27.9. The van der Waals surface area contributed by atoms with E-state index < -0.39 is 5.09 Å². The molecule has 39 heavy (non-hydrogen) atoms. The van der Waals surface area contributed by atoms with Crippen LogP contribution in [0.4, 0.5) is 0 Å². The summed E-state index contributed by atoms with van der Waals surface area (Å²) in [4.78, 5) is 46.1. The molecule has 3 heterocycles. The van der Waals surface area contributed by atoms with Crippen molar-refractivity contribution >= 4 is 23.8 Å². The van der Waals surface area contributed by atoms with Gasteiger partial charge in [-0.2, -0.15) is 0 Å². The lowest BCUT2D eigenvalue weighted by atomic mass is 10.1. The predicted octanol–water partition coefficient (Wildman–Crippen LogP) is 3.25. The van der Waals surface area contributed by atoms with Crippen molar-refractivity contribution in [3.63, 3.8) is 0 Å². The Labute approximate surface area is 230 Å². The van der Waals surface area contributed by atoms with Gasteiger partial charge in [0.05, 0.1) is 17.9 Å². The second-order valence-corrected chi connectivity index (χ2v) is 10.3. The van der Waals surface area contributed by atoms with Crippen molar-refractivity contribution in [3.8, 4) is 17.1 Å². The number of rotatable bonds is 13. The number of aryl methyl sites for hydroxylation is 2. The highest BCUT2D eigenvalue weighted by Gasteiger charge is 2.23. The molecule has 0 spiro atoms. The van der Waals surface area contributed by atoms with E-state index in [1.54, 1.807) is 16.5 Å². The fraction of sp³-hybridized carbons (Fsp3) is 0.500. The summed E-state index contributed by atoms with van der Waals surface area (Å²) in [6.07, 6.45) is 2.82. The minimum Gasteiger partial charge on any atom is -0.493 e. The summed E-state index contributed by atoms with van der Waals surface area (Å²) in [5, 5.41) is 14.4. The van der Waals surface area contributed by atoms with E-state index in [4.69, 9.17) is 9.84 Å². The van der Waals surface area contributed by atoms with Gasteiger partial charge in [-0.05, 0) is 55.5 Å². The van der Waals surface area contributed by atoms with Crippen molar-refractivity contribution in [3.05, 3.63) is 55.5 Å². The maximum Gasteiger partial charge on any atom is 0.294 e. The molecule has 1 fully saturated rings. The van der Waals surface area contributed by atoms with Gasteiger partial charge in [0, 0.05) is 43.2 Å². The molecule has 1 N–H and O–H groups in total. The monoisotopic (exact) mass is 558 g/mol. The number of carbonyl (C=O) groups is 1. The Morgan fingerprint density at radius 3 is 2.62 bits per heavy atom. The van der Waals surface area contributed by atoms with E-state index in [9.17, 15) is 19.7 Å². The van der Waals surface area contributed by atoms with Gasteiger partial charge in [-0.3, -0.25) is 14.5 Å². The second kappa shape index (κ2) is 13.1. The molecule has 0 unspecified atom stereocenters. The van der Waals surface area contributed by atoms with E-state index in [0.717, 1.165) is 49.5 Å². The van der Waals surface area contributed by atoms with Gasteiger partial charge in [-0.25, -0.2) is 8.82 Å². The molecule has 0 radical (unpaired) electrons. The van der Waals surface area contributed by atoms with Crippen LogP contribution >= 0.6 is 11.9 Å². The molecule has 210 valence electrons. The fourth-order valence-corrected chi connectivity index (χ4v) is 5.82. The fourth-order valence-electron chi connectivity index (χ4n) is 4.88. The van der Waals surface area contributed by atoms with Crippen molar-refractivity contribution in [1.29, 1.82) is 0 Å².